The fourth-order valence-electron chi connectivity index (χ4n) is 4.08. The van der Waals surface area contributed by atoms with Gasteiger partial charge in [0, 0.05) is 44.3 Å². The Morgan fingerprint density at radius 1 is 0.833 bits per heavy atom. The Morgan fingerprint density at radius 2 is 1.47 bits per heavy atom. The average molecular weight is 409 g/mol. The maximum Gasteiger partial charge on any atom is 0.270 e. The Kier molecular flexibility index (Phi) is 5.44. The maximum atomic E-state index is 13.3. The summed E-state index contributed by atoms with van der Waals surface area (Å²) in [5.41, 5.74) is 2.63. The van der Waals surface area contributed by atoms with Gasteiger partial charge in [-0.15, -0.1) is 0 Å². The van der Waals surface area contributed by atoms with Crippen LogP contribution in [0.5, 0.6) is 17.2 Å². The van der Waals surface area contributed by atoms with Crippen LogP contribution >= 0.6 is 0 Å². The van der Waals surface area contributed by atoms with Gasteiger partial charge < -0.3 is 28.6 Å². The van der Waals surface area contributed by atoms with Crippen LogP contribution in [-0.4, -0.2) is 62.9 Å². The number of fused-ring (bicyclic) bond motifs is 1. The fourth-order valence-corrected chi connectivity index (χ4v) is 4.08. The number of carbonyl (C=O) groups excluding carboxylic acids is 1. The standard InChI is InChI=1S/C23H27N3O4/c1-24-19(15-18-20(29-3)9-10-21(30-4)22(18)24)23(27)26-13-11-25(12-14-26)16-5-7-17(28-2)8-6-16/h5-10,15H,11-14H2,1-4H3. The highest BCUT2D eigenvalue weighted by atomic mass is 16.5. The largest absolute Gasteiger partial charge is 0.497 e. The number of piperazine rings is 1. The third-order valence-electron chi connectivity index (χ3n) is 5.78. The van der Waals surface area contributed by atoms with Gasteiger partial charge in [0.2, 0.25) is 0 Å². The highest BCUT2D eigenvalue weighted by Crippen LogP contribution is 2.35. The van der Waals surface area contributed by atoms with Gasteiger partial charge in [0.05, 0.1) is 26.8 Å². The highest BCUT2D eigenvalue weighted by molar-refractivity contribution is 6.02. The number of hydrogen-bond donors (Lipinski definition) is 0. The third kappa shape index (κ3) is 3.40. The summed E-state index contributed by atoms with van der Waals surface area (Å²) in [6.07, 6.45) is 0. The number of aryl methyl sites for hydroxylation is 1. The Balaban J connectivity index is 1.54. The van der Waals surface area contributed by atoms with E-state index in [0.717, 1.165) is 46.9 Å². The lowest BCUT2D eigenvalue weighted by molar-refractivity contribution is 0.0737. The lowest BCUT2D eigenvalue weighted by Crippen LogP contribution is -2.49. The quantitative estimate of drug-likeness (QED) is 0.648. The molecule has 7 heteroatoms. The summed E-state index contributed by atoms with van der Waals surface area (Å²) < 4.78 is 18.1. The first kappa shape index (κ1) is 19.9. The van der Waals surface area contributed by atoms with E-state index in [2.05, 4.69) is 17.0 Å². The van der Waals surface area contributed by atoms with Crippen molar-refractivity contribution in [1.82, 2.24) is 9.47 Å². The maximum absolute atomic E-state index is 13.3. The number of anilines is 1. The molecule has 30 heavy (non-hydrogen) atoms. The molecule has 0 aliphatic carbocycles. The Bertz CT molecular complexity index is 1050. The van der Waals surface area contributed by atoms with E-state index in [4.69, 9.17) is 14.2 Å². The van der Waals surface area contributed by atoms with Crippen LogP contribution in [0.3, 0.4) is 0 Å². The van der Waals surface area contributed by atoms with E-state index in [0.29, 0.717) is 18.8 Å². The van der Waals surface area contributed by atoms with Crippen molar-refractivity contribution in [3.8, 4) is 17.2 Å². The predicted octanol–water partition coefficient (Wildman–Crippen LogP) is 3.17. The molecular formula is C23H27N3O4. The molecule has 0 N–H and O–H groups in total. The predicted molar refractivity (Wildman–Crippen MR) is 117 cm³/mol. The number of rotatable bonds is 5. The third-order valence-corrected chi connectivity index (χ3v) is 5.78. The molecule has 2 aromatic carbocycles. The van der Waals surface area contributed by atoms with Gasteiger partial charge in [-0.05, 0) is 42.5 Å². The first-order valence-electron chi connectivity index (χ1n) is 9.96. The van der Waals surface area contributed by atoms with Gasteiger partial charge in [0.1, 0.15) is 22.9 Å². The second kappa shape index (κ2) is 8.18. The molecule has 0 saturated carbocycles. The van der Waals surface area contributed by atoms with Crippen molar-refractivity contribution < 1.29 is 19.0 Å². The Morgan fingerprint density at radius 3 is 2.07 bits per heavy atom. The summed E-state index contributed by atoms with van der Waals surface area (Å²) in [7, 11) is 6.82. The van der Waals surface area contributed by atoms with E-state index >= 15 is 0 Å². The molecule has 1 amide bonds. The van der Waals surface area contributed by atoms with E-state index in [9.17, 15) is 4.79 Å². The van der Waals surface area contributed by atoms with Crippen LogP contribution in [0.15, 0.2) is 42.5 Å². The van der Waals surface area contributed by atoms with Crippen molar-refractivity contribution in [2.24, 2.45) is 7.05 Å². The lowest BCUT2D eigenvalue weighted by atomic mass is 10.2. The van der Waals surface area contributed by atoms with Crippen molar-refractivity contribution >= 4 is 22.5 Å². The fraction of sp³-hybridized carbons (Fsp3) is 0.348. The molecule has 0 spiro atoms. The average Bonchev–Trinajstić information content (AvgIpc) is 3.15. The van der Waals surface area contributed by atoms with Crippen LogP contribution in [0.1, 0.15) is 10.5 Å². The van der Waals surface area contributed by atoms with Crippen LogP contribution in [0.2, 0.25) is 0 Å². The van der Waals surface area contributed by atoms with E-state index in [1.165, 1.54) is 0 Å². The molecule has 0 radical (unpaired) electrons. The van der Waals surface area contributed by atoms with E-state index in [1.54, 1.807) is 21.3 Å². The number of ether oxygens (including phenoxy) is 3. The second-order valence-corrected chi connectivity index (χ2v) is 7.30. The van der Waals surface area contributed by atoms with Crippen LogP contribution in [0, 0.1) is 0 Å². The van der Waals surface area contributed by atoms with Gasteiger partial charge in [-0.25, -0.2) is 0 Å². The highest BCUT2D eigenvalue weighted by Gasteiger charge is 2.26. The number of nitrogens with zero attached hydrogens (tertiary/aromatic N) is 3. The summed E-state index contributed by atoms with van der Waals surface area (Å²) in [5.74, 6) is 2.31. The zero-order chi connectivity index (χ0) is 21.3. The monoisotopic (exact) mass is 409 g/mol. The van der Waals surface area contributed by atoms with Gasteiger partial charge in [0.25, 0.3) is 5.91 Å². The molecule has 4 rings (SSSR count). The molecule has 1 saturated heterocycles. The molecule has 158 valence electrons. The molecule has 2 heterocycles. The number of hydrogen-bond acceptors (Lipinski definition) is 5. The summed E-state index contributed by atoms with van der Waals surface area (Å²) in [6.45, 7) is 2.91. The smallest absolute Gasteiger partial charge is 0.270 e. The van der Waals surface area contributed by atoms with E-state index < -0.39 is 0 Å². The topological polar surface area (TPSA) is 56.2 Å². The lowest BCUT2D eigenvalue weighted by Gasteiger charge is -2.36. The molecule has 1 fully saturated rings. The van der Waals surface area contributed by atoms with Crippen molar-refractivity contribution in [2.75, 3.05) is 52.4 Å². The van der Waals surface area contributed by atoms with Crippen molar-refractivity contribution in [3.63, 3.8) is 0 Å². The zero-order valence-corrected chi connectivity index (χ0v) is 17.8. The van der Waals surface area contributed by atoms with Crippen LogP contribution in [-0.2, 0) is 7.05 Å². The normalized spacial score (nSPS) is 14.1. The minimum Gasteiger partial charge on any atom is -0.497 e. The number of carbonyl (C=O) groups is 1. The molecule has 1 aliphatic heterocycles. The summed E-state index contributed by atoms with van der Waals surface area (Å²) in [6, 6.07) is 13.7. The van der Waals surface area contributed by atoms with Crippen LogP contribution in [0.4, 0.5) is 5.69 Å². The molecule has 0 atom stereocenters. The van der Waals surface area contributed by atoms with Gasteiger partial charge in [0.15, 0.2) is 0 Å². The first-order chi connectivity index (χ1) is 14.6. The van der Waals surface area contributed by atoms with Crippen LogP contribution in [0.25, 0.3) is 10.9 Å². The number of benzene rings is 2. The first-order valence-corrected chi connectivity index (χ1v) is 9.96. The number of methoxy groups -OCH3 is 3. The molecule has 0 bridgehead atoms. The molecular weight excluding hydrogens is 382 g/mol. The summed E-state index contributed by atoms with van der Waals surface area (Å²) in [5, 5.41) is 0.875. The number of aromatic nitrogens is 1. The Hall–Kier alpha value is -3.35. The Labute approximate surface area is 176 Å². The summed E-state index contributed by atoms with van der Waals surface area (Å²) >= 11 is 0. The van der Waals surface area contributed by atoms with Gasteiger partial charge >= 0.3 is 0 Å². The number of amides is 1. The van der Waals surface area contributed by atoms with Crippen molar-refractivity contribution in [1.29, 1.82) is 0 Å². The molecule has 3 aromatic rings. The van der Waals surface area contributed by atoms with E-state index in [1.807, 2.05) is 46.8 Å². The minimum absolute atomic E-state index is 0.0205. The van der Waals surface area contributed by atoms with E-state index in [-0.39, 0.29) is 5.91 Å². The van der Waals surface area contributed by atoms with Crippen molar-refractivity contribution in [2.45, 2.75) is 0 Å². The minimum atomic E-state index is 0.0205. The molecule has 1 aliphatic rings. The van der Waals surface area contributed by atoms with Gasteiger partial charge in [-0.3, -0.25) is 4.79 Å². The van der Waals surface area contributed by atoms with Crippen LogP contribution < -0.4 is 19.1 Å². The molecule has 1 aromatic heterocycles. The molecule has 0 unspecified atom stereocenters. The van der Waals surface area contributed by atoms with Gasteiger partial charge in [-0.2, -0.15) is 0 Å². The molecule has 7 nitrogen and oxygen atoms in total. The zero-order valence-electron chi connectivity index (χ0n) is 17.8. The van der Waals surface area contributed by atoms with Gasteiger partial charge in [-0.1, -0.05) is 0 Å². The summed E-state index contributed by atoms with van der Waals surface area (Å²) in [4.78, 5) is 17.5. The van der Waals surface area contributed by atoms with Crippen molar-refractivity contribution in [3.05, 3.63) is 48.2 Å². The SMILES string of the molecule is COc1ccc(N2CCN(C(=O)c3cc4c(OC)ccc(OC)c4n3C)CC2)cc1. The second-order valence-electron chi connectivity index (χ2n) is 7.30.